The van der Waals surface area contributed by atoms with Crippen molar-refractivity contribution in [1.82, 2.24) is 0 Å². The molecule has 0 radical (unpaired) electrons. The first-order chi connectivity index (χ1) is 2.64. The Hall–Kier alpha value is 1.30. The lowest BCUT2D eigenvalue weighted by molar-refractivity contribution is 1.31. The average molecular weight is 165 g/mol. The molecule has 0 aromatic carbocycles. The highest BCUT2D eigenvalue weighted by molar-refractivity contribution is 7.21. The van der Waals surface area contributed by atoms with Crippen molar-refractivity contribution in [2.45, 2.75) is 9.95 Å². The van der Waals surface area contributed by atoms with Crippen LogP contribution in [0.3, 0.4) is 0 Å². The van der Waals surface area contributed by atoms with E-state index in [0.717, 1.165) is 0 Å². The Morgan fingerprint density at radius 1 is 1.17 bits per heavy atom. The van der Waals surface area contributed by atoms with Crippen LogP contribution in [0.15, 0.2) is 0 Å². The molecule has 0 aromatic heterocycles. The van der Waals surface area contributed by atoms with Gasteiger partial charge in [-0.1, -0.05) is 0 Å². The van der Waals surface area contributed by atoms with E-state index in [0.29, 0.717) is 0 Å². The fourth-order valence-corrected chi connectivity index (χ4v) is 0. The van der Waals surface area contributed by atoms with Gasteiger partial charge in [0.25, 0.3) is 0 Å². The molecule has 0 bridgehead atoms. The predicted octanol–water partition coefficient (Wildman–Crippen LogP) is 2.23. The highest BCUT2D eigenvalue weighted by Gasteiger charge is 2.04. The highest BCUT2D eigenvalue weighted by atomic mass is 35.5. The second-order valence-electron chi connectivity index (χ2n) is 0.779. The number of alkyl halides is 3. The van der Waals surface area contributed by atoms with Gasteiger partial charge in [-0.15, -0.1) is 44.0 Å². The Bertz CT molecular complexity index is 29.8. The third-order valence-electron chi connectivity index (χ3n) is 0.241. The van der Waals surface area contributed by atoms with Gasteiger partial charge in [0.1, 0.15) is 4.84 Å². The molecule has 2 atom stereocenters. The molecule has 0 saturated carbocycles. The lowest BCUT2D eigenvalue weighted by Gasteiger charge is -1.97. The van der Waals surface area contributed by atoms with Crippen LogP contribution in [0.2, 0.25) is 0 Å². The van der Waals surface area contributed by atoms with Crippen molar-refractivity contribution in [2.75, 3.05) is 0 Å². The van der Waals surface area contributed by atoms with E-state index in [1.54, 1.807) is 0 Å². The number of rotatable bonds is 1. The van der Waals surface area contributed by atoms with Gasteiger partial charge in [-0.05, 0) is 0 Å². The Labute approximate surface area is 54.3 Å². The predicted molar refractivity (Wildman–Crippen MR) is 34.8 cm³/mol. The molecule has 0 aromatic rings. The van der Waals surface area contributed by atoms with Crippen LogP contribution in [0.4, 0.5) is 0 Å². The molecule has 2 unspecified atom stereocenters. The van der Waals surface area contributed by atoms with Crippen molar-refractivity contribution in [3.05, 3.63) is 0 Å². The van der Waals surface area contributed by atoms with Crippen LogP contribution in [-0.2, 0) is 0 Å². The molecular weight excluding hydrogens is 161 g/mol. The van der Waals surface area contributed by atoms with E-state index in [2.05, 4.69) is 9.24 Å². The quantitative estimate of drug-likeness (QED) is 0.413. The fraction of sp³-hybridized carbons (Fsp3) is 1.00. The van der Waals surface area contributed by atoms with Crippen molar-refractivity contribution < 1.29 is 0 Å². The van der Waals surface area contributed by atoms with Gasteiger partial charge in [-0.25, -0.2) is 0 Å². The van der Waals surface area contributed by atoms with E-state index in [1.165, 1.54) is 0 Å². The lowest BCUT2D eigenvalue weighted by atomic mass is 10.9. The van der Waals surface area contributed by atoms with E-state index in [4.69, 9.17) is 34.8 Å². The summed E-state index contributed by atoms with van der Waals surface area (Å²) in [5, 5.41) is -0.228. The first-order valence-corrected chi connectivity index (χ1v) is 3.30. The molecule has 0 rings (SSSR count). The fourth-order valence-electron chi connectivity index (χ4n) is 0. The monoisotopic (exact) mass is 164 g/mol. The van der Waals surface area contributed by atoms with Crippen LogP contribution in [0, 0.1) is 0 Å². The zero-order valence-corrected chi connectivity index (χ0v) is 6.29. The second kappa shape index (κ2) is 3.32. The Morgan fingerprint density at radius 2 is 1.33 bits per heavy atom. The van der Waals surface area contributed by atoms with E-state index in [1.807, 2.05) is 0 Å². The third-order valence-corrected chi connectivity index (χ3v) is 2.17. The van der Waals surface area contributed by atoms with Crippen LogP contribution >= 0.6 is 44.0 Å². The van der Waals surface area contributed by atoms with Gasteiger partial charge in [-0.2, -0.15) is 0 Å². The first-order valence-electron chi connectivity index (χ1n) is 1.32. The maximum absolute atomic E-state index is 5.31. The van der Waals surface area contributed by atoms with Gasteiger partial charge in [0.2, 0.25) is 0 Å². The summed E-state index contributed by atoms with van der Waals surface area (Å²) < 4.78 is 0. The minimum Gasteiger partial charge on any atom is -0.116 e. The van der Waals surface area contributed by atoms with Crippen molar-refractivity contribution >= 4 is 44.0 Å². The molecule has 0 aliphatic heterocycles. The van der Waals surface area contributed by atoms with Crippen molar-refractivity contribution in [2.24, 2.45) is 0 Å². The zero-order valence-electron chi connectivity index (χ0n) is 2.87. The minimum atomic E-state index is -0.475. The minimum absolute atomic E-state index is 0.228. The molecule has 0 spiro atoms. The van der Waals surface area contributed by atoms with Crippen molar-refractivity contribution in [1.29, 1.82) is 0 Å². The average Bonchev–Trinajstić information content (AvgIpc) is 1.36. The van der Waals surface area contributed by atoms with Gasteiger partial charge in [0.05, 0.1) is 5.12 Å². The molecule has 0 N–H and O–H groups in total. The molecule has 0 heterocycles. The summed E-state index contributed by atoms with van der Waals surface area (Å²) in [4.78, 5) is -0.475. The van der Waals surface area contributed by atoms with Crippen molar-refractivity contribution in [3.8, 4) is 0 Å². The first kappa shape index (κ1) is 7.30. The summed E-state index contributed by atoms with van der Waals surface area (Å²) in [5.74, 6) is 0. The Morgan fingerprint density at radius 3 is 1.33 bits per heavy atom. The summed E-state index contributed by atoms with van der Waals surface area (Å²) in [6.07, 6.45) is 0. The van der Waals surface area contributed by atoms with Gasteiger partial charge >= 0.3 is 0 Å². The number of hydrogen-bond acceptors (Lipinski definition) is 0. The van der Waals surface area contributed by atoms with Gasteiger partial charge < -0.3 is 0 Å². The Kier molecular flexibility index (Phi) is 4.04. The number of halogens is 3. The van der Waals surface area contributed by atoms with Crippen molar-refractivity contribution in [3.63, 3.8) is 0 Å². The molecular formula is C2H4Cl3P. The number of hydrogen-bond donors (Lipinski definition) is 0. The smallest absolute Gasteiger partial charge is 0.116 e. The largest absolute Gasteiger partial charge is 0.127 e. The molecule has 0 nitrogen and oxygen atoms in total. The topological polar surface area (TPSA) is 0 Å². The van der Waals surface area contributed by atoms with E-state index < -0.39 is 4.84 Å². The lowest BCUT2D eigenvalue weighted by Crippen LogP contribution is -1.95. The van der Waals surface area contributed by atoms with E-state index in [9.17, 15) is 0 Å². The zero-order chi connectivity index (χ0) is 5.15. The van der Waals surface area contributed by atoms with Crippen LogP contribution in [-0.4, -0.2) is 9.95 Å². The molecule has 0 aliphatic rings. The summed E-state index contributed by atoms with van der Waals surface area (Å²) >= 11 is 15.8. The molecule has 0 amide bonds. The molecule has 4 heteroatoms. The SMILES string of the molecule is PC(Cl)C(Cl)Cl. The molecule has 0 saturated heterocycles. The summed E-state index contributed by atoms with van der Waals surface area (Å²) in [6.45, 7) is 0. The molecule has 38 valence electrons. The van der Waals surface area contributed by atoms with E-state index in [-0.39, 0.29) is 5.12 Å². The second-order valence-corrected chi connectivity index (χ2v) is 3.59. The maximum Gasteiger partial charge on any atom is 0.127 e. The Balaban J connectivity index is 2.99. The summed E-state index contributed by atoms with van der Waals surface area (Å²) in [5.41, 5.74) is 0. The van der Waals surface area contributed by atoms with Crippen LogP contribution in [0.5, 0.6) is 0 Å². The highest BCUT2D eigenvalue weighted by Crippen LogP contribution is 2.18. The molecule has 6 heavy (non-hydrogen) atoms. The molecule has 0 fully saturated rings. The van der Waals surface area contributed by atoms with E-state index >= 15 is 0 Å². The normalized spacial score (nSPS) is 15.5. The summed E-state index contributed by atoms with van der Waals surface area (Å²) in [7, 11) is 2.27. The maximum atomic E-state index is 5.31. The summed E-state index contributed by atoms with van der Waals surface area (Å²) in [6, 6.07) is 0. The molecule has 0 aliphatic carbocycles. The van der Waals surface area contributed by atoms with Gasteiger partial charge in [0.15, 0.2) is 0 Å². The van der Waals surface area contributed by atoms with Gasteiger partial charge in [0, 0.05) is 0 Å². The standard InChI is InChI=1S/C2H4Cl3P/c3-1(4)2(5)6/h1-2H,6H2. The third kappa shape index (κ3) is 3.49. The van der Waals surface area contributed by atoms with Crippen LogP contribution in [0.25, 0.3) is 0 Å². The van der Waals surface area contributed by atoms with Crippen LogP contribution in [0.1, 0.15) is 0 Å². The van der Waals surface area contributed by atoms with Gasteiger partial charge in [-0.3, -0.25) is 0 Å². The van der Waals surface area contributed by atoms with Crippen LogP contribution < -0.4 is 0 Å².